The summed E-state index contributed by atoms with van der Waals surface area (Å²) in [6.45, 7) is -0.331. The minimum atomic E-state index is -4.66. The number of para-hydroxylation sites is 1. The van der Waals surface area contributed by atoms with Crippen molar-refractivity contribution >= 4 is 37.5 Å². The van der Waals surface area contributed by atoms with Crippen molar-refractivity contribution < 1.29 is 26.4 Å². The van der Waals surface area contributed by atoms with Gasteiger partial charge in [0.1, 0.15) is 0 Å². The number of benzene rings is 2. The quantitative estimate of drug-likeness (QED) is 0.588. The topological polar surface area (TPSA) is 88.2 Å². The number of hydrogen-bond acceptors (Lipinski definition) is 5. The van der Waals surface area contributed by atoms with Crippen LogP contribution >= 0.6 is 11.3 Å². The third kappa shape index (κ3) is 5.52. The average Bonchev–Trinajstić information content (AvgIpc) is 3.09. The minimum absolute atomic E-state index is 0.254. The Morgan fingerprint density at radius 1 is 1.10 bits per heavy atom. The van der Waals surface area contributed by atoms with E-state index in [2.05, 4.69) is 10.3 Å². The van der Waals surface area contributed by atoms with Gasteiger partial charge in [-0.1, -0.05) is 18.2 Å². The fourth-order valence-electron chi connectivity index (χ4n) is 2.48. The molecular weight excluding hydrogens is 427 g/mol. The summed E-state index contributed by atoms with van der Waals surface area (Å²) in [5.41, 5.74) is -0.215. The van der Waals surface area contributed by atoms with E-state index in [-0.39, 0.29) is 6.54 Å². The first-order valence-electron chi connectivity index (χ1n) is 8.43. The molecule has 0 radical (unpaired) electrons. The number of amides is 1. The molecule has 2 aromatic carbocycles. The van der Waals surface area contributed by atoms with E-state index in [1.165, 1.54) is 11.3 Å². The van der Waals surface area contributed by atoms with E-state index < -0.39 is 39.1 Å². The highest BCUT2D eigenvalue weighted by atomic mass is 32.2. The van der Waals surface area contributed by atoms with Gasteiger partial charge in [-0.25, -0.2) is 18.1 Å². The van der Waals surface area contributed by atoms with Crippen LogP contribution in [-0.2, 0) is 27.4 Å². The van der Waals surface area contributed by atoms with Gasteiger partial charge in [-0.05, 0) is 30.3 Å². The van der Waals surface area contributed by atoms with Gasteiger partial charge in [-0.15, -0.1) is 11.3 Å². The van der Waals surface area contributed by atoms with E-state index in [1.54, 1.807) is 0 Å². The van der Waals surface area contributed by atoms with Crippen LogP contribution in [0, 0.1) is 0 Å². The fourth-order valence-corrected chi connectivity index (χ4v) is 4.48. The minimum Gasteiger partial charge on any atom is -0.355 e. The lowest BCUT2D eigenvalue weighted by Gasteiger charge is -2.10. The molecule has 0 aliphatic carbocycles. The lowest BCUT2D eigenvalue weighted by atomic mass is 10.2. The zero-order valence-corrected chi connectivity index (χ0v) is 16.5. The Labute approximate surface area is 168 Å². The number of carbonyl (C=O) groups is 1. The Balaban J connectivity index is 1.52. The van der Waals surface area contributed by atoms with Crippen LogP contribution in [0.1, 0.15) is 10.6 Å². The molecule has 0 unspecified atom stereocenters. The second kappa shape index (κ2) is 8.47. The fraction of sp³-hybridized carbons (Fsp3) is 0.222. The Bertz CT molecular complexity index is 1090. The molecular formula is C18H16F3N3O3S2. The van der Waals surface area contributed by atoms with Crippen LogP contribution in [0.15, 0.2) is 53.4 Å². The summed E-state index contributed by atoms with van der Waals surface area (Å²) in [5, 5.41) is 3.39. The molecule has 0 aliphatic heterocycles. The molecule has 1 heterocycles. The number of aromatic nitrogens is 1. The molecule has 29 heavy (non-hydrogen) atoms. The molecule has 154 valence electrons. The van der Waals surface area contributed by atoms with Crippen molar-refractivity contribution in [1.82, 2.24) is 15.0 Å². The van der Waals surface area contributed by atoms with Crippen molar-refractivity contribution in [3.63, 3.8) is 0 Å². The first kappa shape index (κ1) is 21.2. The SMILES string of the molecule is O=C(CNS(=O)(=O)c1cccc(C(F)(F)F)c1)NCCc1nc2ccccc2s1. The lowest BCUT2D eigenvalue weighted by molar-refractivity contribution is -0.137. The van der Waals surface area contributed by atoms with Gasteiger partial charge in [0, 0.05) is 13.0 Å². The largest absolute Gasteiger partial charge is 0.416 e. The van der Waals surface area contributed by atoms with Gasteiger partial charge in [0.15, 0.2) is 0 Å². The number of alkyl halides is 3. The monoisotopic (exact) mass is 443 g/mol. The Kier molecular flexibility index (Phi) is 6.20. The van der Waals surface area contributed by atoms with Crippen molar-refractivity contribution in [2.45, 2.75) is 17.5 Å². The predicted octanol–water partition coefficient (Wildman–Crippen LogP) is 2.95. The summed E-state index contributed by atoms with van der Waals surface area (Å²) in [5.74, 6) is -0.596. The van der Waals surface area contributed by atoms with E-state index in [0.29, 0.717) is 12.5 Å². The standard InChI is InChI=1S/C18H16F3N3O3S2/c19-18(20,21)12-4-3-5-13(10-12)29(26,27)23-11-16(25)22-9-8-17-24-14-6-1-2-7-15(14)28-17/h1-7,10,23H,8-9,11H2,(H,22,25). The molecule has 0 aliphatic rings. The Morgan fingerprint density at radius 2 is 1.86 bits per heavy atom. The van der Waals surface area contributed by atoms with E-state index in [4.69, 9.17) is 0 Å². The zero-order valence-electron chi connectivity index (χ0n) is 14.9. The number of hydrogen-bond donors (Lipinski definition) is 2. The number of halogens is 3. The maximum absolute atomic E-state index is 12.7. The van der Waals surface area contributed by atoms with Gasteiger partial charge < -0.3 is 5.32 Å². The molecule has 0 bridgehead atoms. The number of thiazole rings is 1. The van der Waals surface area contributed by atoms with Crippen molar-refractivity contribution in [1.29, 1.82) is 0 Å². The number of nitrogens with zero attached hydrogens (tertiary/aromatic N) is 1. The van der Waals surface area contributed by atoms with Crippen molar-refractivity contribution in [3.05, 3.63) is 59.1 Å². The Hall–Kier alpha value is -2.50. The van der Waals surface area contributed by atoms with Gasteiger partial charge in [0.05, 0.1) is 32.2 Å². The van der Waals surface area contributed by atoms with Crippen LogP contribution in [0.2, 0.25) is 0 Å². The first-order valence-corrected chi connectivity index (χ1v) is 10.7. The van der Waals surface area contributed by atoms with Gasteiger partial charge in [0.2, 0.25) is 15.9 Å². The second-order valence-corrected chi connectivity index (χ2v) is 8.91. The summed E-state index contributed by atoms with van der Waals surface area (Å²) >= 11 is 1.50. The molecule has 0 saturated carbocycles. The van der Waals surface area contributed by atoms with Crippen molar-refractivity contribution in [3.8, 4) is 0 Å². The molecule has 0 spiro atoms. The van der Waals surface area contributed by atoms with Crippen LogP contribution in [0.25, 0.3) is 10.2 Å². The predicted molar refractivity (Wildman–Crippen MR) is 103 cm³/mol. The summed E-state index contributed by atoms with van der Waals surface area (Å²) in [7, 11) is -4.25. The summed E-state index contributed by atoms with van der Waals surface area (Å²) in [6, 6.07) is 10.9. The molecule has 1 aromatic heterocycles. The maximum Gasteiger partial charge on any atom is 0.416 e. The van der Waals surface area contributed by atoms with Gasteiger partial charge >= 0.3 is 6.18 Å². The van der Waals surface area contributed by atoms with Crippen LogP contribution in [-0.4, -0.2) is 32.4 Å². The number of sulfonamides is 1. The molecule has 1 amide bonds. The summed E-state index contributed by atoms with van der Waals surface area (Å²) in [6.07, 6.45) is -4.19. The van der Waals surface area contributed by atoms with Gasteiger partial charge in [-0.3, -0.25) is 4.79 Å². The third-order valence-corrected chi connectivity index (χ3v) is 6.39. The van der Waals surface area contributed by atoms with Crippen LogP contribution in [0.4, 0.5) is 13.2 Å². The third-order valence-electron chi connectivity index (χ3n) is 3.89. The zero-order chi connectivity index (χ0) is 21.1. The molecule has 0 saturated heterocycles. The molecule has 0 fully saturated rings. The summed E-state index contributed by atoms with van der Waals surface area (Å²) < 4.78 is 65.5. The van der Waals surface area contributed by atoms with Crippen LogP contribution in [0.3, 0.4) is 0 Å². The summed E-state index contributed by atoms with van der Waals surface area (Å²) in [4.78, 5) is 15.7. The van der Waals surface area contributed by atoms with E-state index in [9.17, 15) is 26.4 Å². The lowest BCUT2D eigenvalue weighted by Crippen LogP contribution is -2.37. The van der Waals surface area contributed by atoms with E-state index in [0.717, 1.165) is 33.4 Å². The Morgan fingerprint density at radius 3 is 2.59 bits per heavy atom. The van der Waals surface area contributed by atoms with Gasteiger partial charge in [-0.2, -0.15) is 13.2 Å². The normalized spacial score (nSPS) is 12.2. The van der Waals surface area contributed by atoms with E-state index >= 15 is 0 Å². The highest BCUT2D eigenvalue weighted by Gasteiger charge is 2.31. The number of nitrogens with one attached hydrogen (secondary N) is 2. The van der Waals surface area contributed by atoms with E-state index in [1.807, 2.05) is 29.0 Å². The molecule has 2 N–H and O–H groups in total. The van der Waals surface area contributed by atoms with Crippen molar-refractivity contribution in [2.75, 3.05) is 13.1 Å². The molecule has 3 rings (SSSR count). The number of carbonyl (C=O) groups excluding carboxylic acids is 1. The highest BCUT2D eigenvalue weighted by Crippen LogP contribution is 2.30. The van der Waals surface area contributed by atoms with Crippen LogP contribution in [0.5, 0.6) is 0 Å². The van der Waals surface area contributed by atoms with Gasteiger partial charge in [0.25, 0.3) is 0 Å². The van der Waals surface area contributed by atoms with Crippen LogP contribution < -0.4 is 10.0 Å². The smallest absolute Gasteiger partial charge is 0.355 e. The number of rotatable bonds is 7. The molecule has 11 heteroatoms. The number of fused-ring (bicyclic) bond motifs is 1. The average molecular weight is 443 g/mol. The maximum atomic E-state index is 12.7. The first-order chi connectivity index (χ1) is 13.6. The second-order valence-electron chi connectivity index (χ2n) is 6.03. The molecule has 0 atom stereocenters. The highest BCUT2D eigenvalue weighted by molar-refractivity contribution is 7.89. The molecule has 3 aromatic rings. The molecule has 6 nitrogen and oxygen atoms in total. The van der Waals surface area contributed by atoms with Crippen molar-refractivity contribution in [2.24, 2.45) is 0 Å².